The molecule has 1 saturated heterocycles. The van der Waals surface area contributed by atoms with Gasteiger partial charge in [-0.2, -0.15) is 0 Å². The molecular formula is C19H24N4O2. The monoisotopic (exact) mass is 340 g/mol. The molecule has 0 atom stereocenters. The average Bonchev–Trinajstić information content (AvgIpc) is 3.00. The molecule has 1 fully saturated rings. The zero-order chi connectivity index (χ0) is 17.6. The lowest BCUT2D eigenvalue weighted by Crippen LogP contribution is -2.38. The molecule has 1 aliphatic heterocycles. The molecule has 0 unspecified atom stereocenters. The Morgan fingerprint density at radius 2 is 1.96 bits per heavy atom. The zero-order valence-electron chi connectivity index (χ0n) is 14.4. The summed E-state index contributed by atoms with van der Waals surface area (Å²) in [4.78, 5) is 30.6. The molecule has 0 bridgehead atoms. The van der Waals surface area contributed by atoms with E-state index in [9.17, 15) is 9.59 Å². The van der Waals surface area contributed by atoms with Gasteiger partial charge in [0.05, 0.1) is 11.0 Å². The third-order valence-electron chi connectivity index (χ3n) is 4.57. The van der Waals surface area contributed by atoms with Gasteiger partial charge in [-0.05, 0) is 37.5 Å². The van der Waals surface area contributed by atoms with Gasteiger partial charge in [0.25, 0.3) is 0 Å². The molecule has 1 aromatic carbocycles. The first-order valence-corrected chi connectivity index (χ1v) is 8.81. The van der Waals surface area contributed by atoms with E-state index < -0.39 is 0 Å². The molecule has 1 aromatic heterocycles. The lowest BCUT2D eigenvalue weighted by atomic mass is 10.1. The van der Waals surface area contributed by atoms with Gasteiger partial charge >= 0.3 is 0 Å². The standard InChI is InChI=1S/C19H24N4O2/c1-2-18(24)20-11-10-17-21-15-8-4-5-9-16(15)23(17)14-19(25)22-12-6-3-7-13-22/h2,4-5,8-9H,1,3,6-7,10-14H2,(H,20,24). The summed E-state index contributed by atoms with van der Waals surface area (Å²) in [6.07, 6.45) is 5.18. The number of para-hydroxylation sites is 2. The summed E-state index contributed by atoms with van der Waals surface area (Å²) in [5.74, 6) is 0.752. The van der Waals surface area contributed by atoms with Gasteiger partial charge in [0.2, 0.25) is 11.8 Å². The van der Waals surface area contributed by atoms with Crippen LogP contribution >= 0.6 is 0 Å². The number of nitrogens with zero attached hydrogens (tertiary/aromatic N) is 3. The molecule has 2 amide bonds. The second-order valence-electron chi connectivity index (χ2n) is 6.29. The molecule has 0 spiro atoms. The van der Waals surface area contributed by atoms with E-state index in [1.165, 1.54) is 12.5 Å². The van der Waals surface area contributed by atoms with Crippen molar-refractivity contribution in [1.29, 1.82) is 0 Å². The van der Waals surface area contributed by atoms with E-state index in [1.807, 2.05) is 33.7 Å². The second kappa shape index (κ2) is 7.96. The first-order chi connectivity index (χ1) is 12.2. The van der Waals surface area contributed by atoms with Gasteiger partial charge in [0.15, 0.2) is 0 Å². The summed E-state index contributed by atoms with van der Waals surface area (Å²) in [6.45, 7) is 5.89. The Morgan fingerprint density at radius 1 is 1.20 bits per heavy atom. The zero-order valence-corrected chi connectivity index (χ0v) is 14.4. The topological polar surface area (TPSA) is 67.2 Å². The van der Waals surface area contributed by atoms with Gasteiger partial charge in [-0.25, -0.2) is 4.98 Å². The number of piperidine rings is 1. The molecule has 132 valence electrons. The number of hydrogen-bond donors (Lipinski definition) is 1. The summed E-state index contributed by atoms with van der Waals surface area (Å²) >= 11 is 0. The first-order valence-electron chi connectivity index (χ1n) is 8.81. The smallest absolute Gasteiger partial charge is 0.243 e. The summed E-state index contributed by atoms with van der Waals surface area (Å²) in [7, 11) is 0. The fourth-order valence-corrected chi connectivity index (χ4v) is 3.24. The highest BCUT2D eigenvalue weighted by molar-refractivity contribution is 5.86. The molecule has 1 N–H and O–H groups in total. The third-order valence-corrected chi connectivity index (χ3v) is 4.57. The Morgan fingerprint density at radius 3 is 2.72 bits per heavy atom. The van der Waals surface area contributed by atoms with E-state index >= 15 is 0 Å². The summed E-state index contributed by atoms with van der Waals surface area (Å²) in [5, 5.41) is 2.76. The molecule has 6 nitrogen and oxygen atoms in total. The van der Waals surface area contributed by atoms with Crippen LogP contribution < -0.4 is 5.32 Å². The number of carbonyl (C=O) groups is 2. The van der Waals surface area contributed by atoms with Crippen molar-refractivity contribution in [3.63, 3.8) is 0 Å². The number of rotatable bonds is 6. The predicted octanol–water partition coefficient (Wildman–Crippen LogP) is 1.89. The molecule has 0 saturated carbocycles. The average molecular weight is 340 g/mol. The highest BCUT2D eigenvalue weighted by Crippen LogP contribution is 2.18. The maximum atomic E-state index is 12.7. The van der Waals surface area contributed by atoms with Crippen molar-refractivity contribution in [2.45, 2.75) is 32.2 Å². The number of nitrogens with one attached hydrogen (secondary N) is 1. The lowest BCUT2D eigenvalue weighted by Gasteiger charge is -2.27. The number of imidazole rings is 1. The summed E-state index contributed by atoms with van der Waals surface area (Å²) in [5.41, 5.74) is 1.83. The van der Waals surface area contributed by atoms with E-state index in [0.29, 0.717) is 19.5 Å². The third kappa shape index (κ3) is 4.07. The highest BCUT2D eigenvalue weighted by atomic mass is 16.2. The van der Waals surface area contributed by atoms with E-state index in [0.717, 1.165) is 42.8 Å². The Kier molecular flexibility index (Phi) is 5.48. The number of carbonyl (C=O) groups excluding carboxylic acids is 2. The maximum absolute atomic E-state index is 12.7. The number of aromatic nitrogens is 2. The molecular weight excluding hydrogens is 316 g/mol. The van der Waals surface area contributed by atoms with Gasteiger partial charge in [-0.1, -0.05) is 18.7 Å². The molecule has 2 heterocycles. The lowest BCUT2D eigenvalue weighted by molar-refractivity contribution is -0.132. The van der Waals surface area contributed by atoms with Crippen LogP contribution in [0.3, 0.4) is 0 Å². The largest absolute Gasteiger partial charge is 0.352 e. The van der Waals surface area contributed by atoms with E-state index in [1.54, 1.807) is 0 Å². The maximum Gasteiger partial charge on any atom is 0.243 e. The number of amides is 2. The van der Waals surface area contributed by atoms with Crippen LogP contribution in [0.5, 0.6) is 0 Å². The molecule has 3 rings (SSSR count). The van der Waals surface area contributed by atoms with Crippen molar-refractivity contribution >= 4 is 22.8 Å². The fraction of sp³-hybridized carbons (Fsp3) is 0.421. The van der Waals surface area contributed by atoms with E-state index in [4.69, 9.17) is 0 Å². The number of fused-ring (bicyclic) bond motifs is 1. The van der Waals surface area contributed by atoms with Gasteiger partial charge < -0.3 is 14.8 Å². The van der Waals surface area contributed by atoms with Crippen molar-refractivity contribution in [3.05, 3.63) is 42.7 Å². The fourth-order valence-electron chi connectivity index (χ4n) is 3.24. The highest BCUT2D eigenvalue weighted by Gasteiger charge is 2.19. The van der Waals surface area contributed by atoms with Crippen LogP contribution in [0.2, 0.25) is 0 Å². The van der Waals surface area contributed by atoms with Gasteiger partial charge in [-0.15, -0.1) is 0 Å². The van der Waals surface area contributed by atoms with Crippen LogP contribution in [-0.2, 0) is 22.6 Å². The van der Waals surface area contributed by atoms with Crippen LogP contribution in [0.25, 0.3) is 11.0 Å². The SMILES string of the molecule is C=CC(=O)NCCc1nc2ccccc2n1CC(=O)N1CCCCC1. The molecule has 1 aliphatic rings. The van der Waals surface area contributed by atoms with Crippen LogP contribution in [0.15, 0.2) is 36.9 Å². The molecule has 25 heavy (non-hydrogen) atoms. The minimum Gasteiger partial charge on any atom is -0.352 e. The second-order valence-corrected chi connectivity index (χ2v) is 6.29. The Bertz CT molecular complexity index is 775. The van der Waals surface area contributed by atoms with E-state index in [2.05, 4.69) is 16.9 Å². The number of benzene rings is 1. The van der Waals surface area contributed by atoms with Gasteiger partial charge in [0, 0.05) is 26.1 Å². The van der Waals surface area contributed by atoms with Crippen molar-refractivity contribution in [2.75, 3.05) is 19.6 Å². The number of likely N-dealkylation sites (tertiary alicyclic amines) is 1. The molecule has 0 aliphatic carbocycles. The van der Waals surface area contributed by atoms with Crippen LogP contribution in [0.4, 0.5) is 0 Å². The quantitative estimate of drug-likeness (QED) is 0.817. The predicted molar refractivity (Wildman–Crippen MR) is 97.1 cm³/mol. The normalized spacial score (nSPS) is 14.5. The minimum atomic E-state index is -0.202. The Balaban J connectivity index is 1.78. The van der Waals surface area contributed by atoms with Crippen molar-refractivity contribution in [3.8, 4) is 0 Å². The van der Waals surface area contributed by atoms with Crippen LogP contribution in [-0.4, -0.2) is 45.9 Å². The first kappa shape index (κ1) is 17.2. The minimum absolute atomic E-state index is 0.138. The Hall–Kier alpha value is -2.63. The summed E-state index contributed by atoms with van der Waals surface area (Å²) in [6, 6.07) is 7.82. The van der Waals surface area contributed by atoms with Crippen molar-refractivity contribution < 1.29 is 9.59 Å². The Labute approximate surface area is 147 Å². The van der Waals surface area contributed by atoms with Gasteiger partial charge in [-0.3, -0.25) is 9.59 Å². The van der Waals surface area contributed by atoms with E-state index in [-0.39, 0.29) is 11.8 Å². The summed E-state index contributed by atoms with van der Waals surface area (Å²) < 4.78 is 1.98. The van der Waals surface area contributed by atoms with Crippen molar-refractivity contribution in [1.82, 2.24) is 19.8 Å². The molecule has 0 radical (unpaired) electrons. The number of hydrogen-bond acceptors (Lipinski definition) is 3. The van der Waals surface area contributed by atoms with Crippen LogP contribution in [0, 0.1) is 0 Å². The molecule has 2 aromatic rings. The van der Waals surface area contributed by atoms with Crippen LogP contribution in [0.1, 0.15) is 25.1 Å². The molecule has 6 heteroatoms. The van der Waals surface area contributed by atoms with Gasteiger partial charge in [0.1, 0.15) is 12.4 Å². The van der Waals surface area contributed by atoms with Crippen molar-refractivity contribution in [2.24, 2.45) is 0 Å².